The molecule has 2 heterocycles. The lowest BCUT2D eigenvalue weighted by Crippen LogP contribution is -2.53. The fourth-order valence-corrected chi connectivity index (χ4v) is 4.11. The van der Waals surface area contributed by atoms with E-state index in [-0.39, 0.29) is 0 Å². The minimum absolute atomic E-state index is 0.881. The quantitative estimate of drug-likeness (QED) is 0.355. The van der Waals surface area contributed by atoms with Gasteiger partial charge in [-0.3, -0.25) is 4.90 Å². The summed E-state index contributed by atoms with van der Waals surface area (Å²) >= 11 is 0. The molecule has 0 unspecified atom stereocenters. The highest BCUT2D eigenvalue weighted by Gasteiger charge is 2.39. The van der Waals surface area contributed by atoms with E-state index in [0.29, 0.717) is 0 Å². The lowest BCUT2D eigenvalue weighted by molar-refractivity contribution is -0.193. The number of likely N-dealkylation sites (tertiary alicyclic amines) is 1. The first-order valence-corrected chi connectivity index (χ1v) is 11.9. The summed E-state index contributed by atoms with van der Waals surface area (Å²) < 4.78 is 95.2. The molecule has 9 nitrogen and oxygen atoms in total. The highest BCUT2D eigenvalue weighted by molar-refractivity contribution is 5.73. The van der Waals surface area contributed by atoms with E-state index in [1.54, 1.807) is 0 Å². The third-order valence-electron chi connectivity index (χ3n) is 5.99. The fourth-order valence-electron chi connectivity index (χ4n) is 4.11. The molecular weight excluding hydrogens is 561 g/mol. The van der Waals surface area contributed by atoms with Crippen molar-refractivity contribution < 1.29 is 69.2 Å². The van der Waals surface area contributed by atoms with E-state index in [9.17, 15) is 39.5 Å². The summed E-state index contributed by atoms with van der Waals surface area (Å²) in [7, 11) is 0. The van der Waals surface area contributed by atoms with Crippen LogP contribution in [0.4, 0.5) is 39.5 Å². The van der Waals surface area contributed by atoms with Crippen molar-refractivity contribution >= 4 is 17.9 Å². The molecule has 4 N–H and O–H groups in total. The Kier molecular flexibility index (Phi) is 15.7. The fraction of sp³-hybridized carbons (Fsp3) is 0.857. The predicted molar refractivity (Wildman–Crippen MR) is 117 cm³/mol. The molecule has 230 valence electrons. The summed E-state index contributed by atoms with van der Waals surface area (Å²) in [5, 5.41) is 24.8. The summed E-state index contributed by atoms with van der Waals surface area (Å²) in [6, 6.07) is 1.81. The molecule has 0 spiro atoms. The summed E-state index contributed by atoms with van der Waals surface area (Å²) in [5.74, 6) is -8.27. The number of nitrogens with one attached hydrogen (secondary N) is 1. The van der Waals surface area contributed by atoms with Gasteiger partial charge in [-0.15, -0.1) is 0 Å². The van der Waals surface area contributed by atoms with Gasteiger partial charge in [-0.05, 0) is 38.8 Å². The van der Waals surface area contributed by atoms with Crippen LogP contribution in [0.3, 0.4) is 0 Å². The van der Waals surface area contributed by atoms with Crippen molar-refractivity contribution in [3.8, 4) is 0 Å². The van der Waals surface area contributed by atoms with Crippen LogP contribution in [0.2, 0.25) is 0 Å². The van der Waals surface area contributed by atoms with Crippen LogP contribution >= 0.6 is 0 Å². The van der Waals surface area contributed by atoms with E-state index >= 15 is 0 Å². The Labute approximate surface area is 217 Å². The Morgan fingerprint density at radius 2 is 0.821 bits per heavy atom. The molecule has 0 radical (unpaired) electrons. The molecule has 0 aromatic carbocycles. The highest BCUT2D eigenvalue weighted by atomic mass is 19.4. The van der Waals surface area contributed by atoms with Crippen LogP contribution in [0.1, 0.15) is 44.9 Å². The number of carbonyl (C=O) groups is 3. The molecule has 0 aromatic rings. The monoisotopic (exact) mass is 593 g/mol. The third-order valence-corrected chi connectivity index (χ3v) is 5.99. The lowest BCUT2D eigenvalue weighted by atomic mass is 9.91. The summed E-state index contributed by atoms with van der Waals surface area (Å²) in [4.78, 5) is 32.2. The Balaban J connectivity index is 0.000000576. The van der Waals surface area contributed by atoms with Crippen molar-refractivity contribution in [2.45, 2.75) is 75.6 Å². The second kappa shape index (κ2) is 16.7. The number of nitrogens with zero attached hydrogens (tertiary/aromatic N) is 2. The van der Waals surface area contributed by atoms with Crippen molar-refractivity contribution in [2.24, 2.45) is 0 Å². The van der Waals surface area contributed by atoms with Gasteiger partial charge in [-0.2, -0.15) is 39.5 Å². The van der Waals surface area contributed by atoms with E-state index in [1.807, 2.05) is 0 Å². The minimum Gasteiger partial charge on any atom is -0.475 e. The van der Waals surface area contributed by atoms with Gasteiger partial charge in [0.25, 0.3) is 0 Å². The number of carboxylic acid groups (broad SMARTS) is 3. The first-order chi connectivity index (χ1) is 17.8. The number of aliphatic carboxylic acids is 3. The number of hydrogen-bond acceptors (Lipinski definition) is 6. The lowest BCUT2D eigenvalue weighted by Gasteiger charge is -2.43. The van der Waals surface area contributed by atoms with Crippen LogP contribution < -0.4 is 5.32 Å². The first kappa shape index (κ1) is 36.7. The molecule has 3 rings (SSSR count). The van der Waals surface area contributed by atoms with Crippen LogP contribution in [0.15, 0.2) is 0 Å². The summed E-state index contributed by atoms with van der Waals surface area (Å²) in [6.07, 6.45) is -5.05. The van der Waals surface area contributed by atoms with Gasteiger partial charge < -0.3 is 25.5 Å². The summed E-state index contributed by atoms with van der Waals surface area (Å²) in [6.45, 7) is 7.66. The van der Waals surface area contributed by atoms with Crippen molar-refractivity contribution in [3.05, 3.63) is 0 Å². The number of piperazine rings is 1. The zero-order valence-electron chi connectivity index (χ0n) is 20.7. The maximum absolute atomic E-state index is 10.6. The van der Waals surface area contributed by atoms with Gasteiger partial charge in [0.05, 0.1) is 0 Å². The molecule has 2 saturated heterocycles. The van der Waals surface area contributed by atoms with Crippen LogP contribution in [-0.2, 0) is 14.4 Å². The maximum Gasteiger partial charge on any atom is 0.490 e. The van der Waals surface area contributed by atoms with Gasteiger partial charge in [-0.25, -0.2) is 14.4 Å². The van der Waals surface area contributed by atoms with Gasteiger partial charge in [0.1, 0.15) is 0 Å². The number of piperidine rings is 1. The SMILES string of the molecule is C1CCC(N2CCC(N3CCNCC3)CC2)CC1.O=C(O)C(F)(F)F.O=C(O)C(F)(F)F.O=C(O)C(F)(F)F. The Bertz CT molecular complexity index is 660. The van der Waals surface area contributed by atoms with Gasteiger partial charge in [-0.1, -0.05) is 19.3 Å². The van der Waals surface area contributed by atoms with Crippen molar-refractivity contribution in [1.82, 2.24) is 15.1 Å². The van der Waals surface area contributed by atoms with Crippen molar-refractivity contribution in [3.63, 3.8) is 0 Å². The van der Waals surface area contributed by atoms with E-state index in [2.05, 4.69) is 15.1 Å². The second-order valence-corrected chi connectivity index (χ2v) is 8.75. The van der Waals surface area contributed by atoms with E-state index in [4.69, 9.17) is 29.7 Å². The largest absolute Gasteiger partial charge is 0.490 e. The maximum atomic E-state index is 10.6. The normalized spacial score (nSPS) is 20.2. The molecule has 18 heteroatoms. The molecule has 0 bridgehead atoms. The van der Waals surface area contributed by atoms with Gasteiger partial charge >= 0.3 is 36.4 Å². The third kappa shape index (κ3) is 16.4. The van der Waals surface area contributed by atoms with Gasteiger partial charge in [0, 0.05) is 38.3 Å². The van der Waals surface area contributed by atoms with Crippen LogP contribution in [0.25, 0.3) is 0 Å². The van der Waals surface area contributed by atoms with E-state index in [0.717, 1.165) is 12.1 Å². The number of halogens is 9. The second-order valence-electron chi connectivity index (χ2n) is 8.75. The minimum atomic E-state index is -5.08. The van der Waals surface area contributed by atoms with E-state index < -0.39 is 36.4 Å². The molecule has 1 saturated carbocycles. The van der Waals surface area contributed by atoms with Crippen LogP contribution in [0, 0.1) is 0 Å². The predicted octanol–water partition coefficient (Wildman–Crippen LogP) is 3.59. The van der Waals surface area contributed by atoms with Gasteiger partial charge in [0.15, 0.2) is 0 Å². The zero-order chi connectivity index (χ0) is 30.4. The number of carboxylic acids is 3. The summed E-state index contributed by atoms with van der Waals surface area (Å²) in [5.41, 5.74) is 0. The highest BCUT2D eigenvalue weighted by Crippen LogP contribution is 2.26. The molecule has 3 fully saturated rings. The molecular formula is C21H32F9N3O6. The number of hydrogen-bond donors (Lipinski definition) is 4. The first-order valence-electron chi connectivity index (χ1n) is 11.9. The molecule has 39 heavy (non-hydrogen) atoms. The van der Waals surface area contributed by atoms with Crippen LogP contribution in [-0.4, -0.2) is 113 Å². The Hall–Kier alpha value is -2.34. The zero-order valence-corrected chi connectivity index (χ0v) is 20.7. The van der Waals surface area contributed by atoms with E-state index in [1.165, 1.54) is 84.2 Å². The van der Waals surface area contributed by atoms with Crippen molar-refractivity contribution in [1.29, 1.82) is 0 Å². The van der Waals surface area contributed by atoms with Crippen molar-refractivity contribution in [2.75, 3.05) is 39.3 Å². The average molecular weight is 593 g/mol. The number of rotatable bonds is 2. The Morgan fingerprint density at radius 3 is 1.13 bits per heavy atom. The Morgan fingerprint density at radius 1 is 0.538 bits per heavy atom. The standard InChI is InChI=1S/C15H29N3.3C2HF3O2/c1-2-4-14(5-3-1)17-10-6-15(7-11-17)18-12-8-16-9-13-18;3*3-2(4,5)1(6)7/h14-16H,1-13H2;3*(H,6,7). The molecule has 2 aliphatic heterocycles. The smallest absolute Gasteiger partial charge is 0.475 e. The topological polar surface area (TPSA) is 130 Å². The molecule has 0 atom stereocenters. The molecule has 3 aliphatic rings. The molecule has 1 aliphatic carbocycles. The molecule has 0 aromatic heterocycles. The average Bonchev–Trinajstić information content (AvgIpc) is 2.85. The van der Waals surface area contributed by atoms with Crippen LogP contribution in [0.5, 0.6) is 0 Å². The molecule has 0 amide bonds. The number of alkyl halides is 9. The van der Waals surface area contributed by atoms with Gasteiger partial charge in [0.2, 0.25) is 0 Å².